The minimum Gasteiger partial charge on any atom is -0.336 e. The number of aromatic nitrogens is 2. The summed E-state index contributed by atoms with van der Waals surface area (Å²) < 4.78 is 1.89. The second-order valence-electron chi connectivity index (χ2n) is 6.56. The second-order valence-corrected chi connectivity index (χ2v) is 6.56. The first-order chi connectivity index (χ1) is 11.6. The number of carbonyl (C=O) groups is 1. The summed E-state index contributed by atoms with van der Waals surface area (Å²) in [6, 6.07) is 7.84. The first-order valence-electron chi connectivity index (χ1n) is 8.66. The molecular weight excluding hydrogens is 300 g/mol. The molecule has 1 aliphatic heterocycles. The largest absolute Gasteiger partial charge is 0.336 e. The van der Waals surface area contributed by atoms with Crippen molar-refractivity contribution >= 4 is 5.91 Å². The summed E-state index contributed by atoms with van der Waals surface area (Å²) in [5, 5.41) is 4.51. The molecule has 1 aromatic carbocycles. The average Bonchev–Trinajstić information content (AvgIpc) is 2.95. The van der Waals surface area contributed by atoms with Crippen LogP contribution in [0.2, 0.25) is 0 Å². The van der Waals surface area contributed by atoms with Gasteiger partial charge in [-0.1, -0.05) is 24.6 Å². The number of amides is 1. The molecule has 3 rings (SSSR count). The highest BCUT2D eigenvalue weighted by atomic mass is 16.2. The van der Waals surface area contributed by atoms with E-state index in [-0.39, 0.29) is 5.91 Å². The molecule has 2 heterocycles. The Bertz CT molecular complexity index is 697. The van der Waals surface area contributed by atoms with Gasteiger partial charge in [-0.15, -0.1) is 0 Å². The van der Waals surface area contributed by atoms with Crippen LogP contribution in [-0.4, -0.2) is 51.7 Å². The van der Waals surface area contributed by atoms with E-state index in [1.807, 2.05) is 47.8 Å². The minimum absolute atomic E-state index is 0.144. The Labute approximate surface area is 143 Å². The zero-order valence-electron chi connectivity index (χ0n) is 14.8. The van der Waals surface area contributed by atoms with Crippen molar-refractivity contribution in [3.8, 4) is 0 Å². The number of rotatable bonds is 4. The predicted octanol–water partition coefficient (Wildman–Crippen LogP) is 2.25. The molecule has 0 radical (unpaired) electrons. The van der Waals surface area contributed by atoms with Gasteiger partial charge in [0.25, 0.3) is 5.91 Å². The third-order valence-corrected chi connectivity index (χ3v) is 4.68. The molecule has 1 saturated heterocycles. The molecule has 5 nitrogen and oxygen atoms in total. The van der Waals surface area contributed by atoms with Crippen LogP contribution in [0.5, 0.6) is 0 Å². The molecule has 1 fully saturated rings. The van der Waals surface area contributed by atoms with Crippen LogP contribution in [0.15, 0.2) is 30.5 Å². The highest BCUT2D eigenvalue weighted by Gasteiger charge is 2.23. The van der Waals surface area contributed by atoms with Crippen molar-refractivity contribution in [3.63, 3.8) is 0 Å². The Morgan fingerprint density at radius 1 is 1.12 bits per heavy atom. The van der Waals surface area contributed by atoms with Crippen molar-refractivity contribution in [1.29, 1.82) is 0 Å². The van der Waals surface area contributed by atoms with E-state index in [0.29, 0.717) is 0 Å². The van der Waals surface area contributed by atoms with Gasteiger partial charge in [-0.25, -0.2) is 0 Å². The van der Waals surface area contributed by atoms with Gasteiger partial charge in [0.05, 0.1) is 5.69 Å². The van der Waals surface area contributed by atoms with Crippen LogP contribution in [0.25, 0.3) is 0 Å². The fourth-order valence-electron chi connectivity index (χ4n) is 3.24. The van der Waals surface area contributed by atoms with Gasteiger partial charge in [-0.3, -0.25) is 14.4 Å². The molecule has 0 aliphatic carbocycles. The fourth-order valence-corrected chi connectivity index (χ4v) is 3.24. The summed E-state index contributed by atoms with van der Waals surface area (Å²) in [5.41, 5.74) is 4.45. The van der Waals surface area contributed by atoms with Gasteiger partial charge in [0.15, 0.2) is 0 Å². The Morgan fingerprint density at radius 2 is 1.79 bits per heavy atom. The molecule has 0 bridgehead atoms. The number of hydrogen-bond donors (Lipinski definition) is 0. The topological polar surface area (TPSA) is 41.4 Å². The SMILES string of the molecule is CCc1nn(C)cc1CN1CCN(C(=O)c2ccc(C)cc2)CC1. The van der Waals surface area contributed by atoms with Crippen LogP contribution < -0.4 is 0 Å². The maximum atomic E-state index is 12.6. The van der Waals surface area contributed by atoms with Crippen LogP contribution in [0.4, 0.5) is 0 Å². The van der Waals surface area contributed by atoms with Crippen molar-refractivity contribution < 1.29 is 4.79 Å². The lowest BCUT2D eigenvalue weighted by Gasteiger charge is -2.34. The number of carbonyl (C=O) groups excluding carboxylic acids is 1. The van der Waals surface area contributed by atoms with E-state index in [1.165, 1.54) is 16.8 Å². The minimum atomic E-state index is 0.144. The van der Waals surface area contributed by atoms with E-state index >= 15 is 0 Å². The maximum absolute atomic E-state index is 12.6. The van der Waals surface area contributed by atoms with Gasteiger partial charge >= 0.3 is 0 Å². The molecule has 5 heteroatoms. The Balaban J connectivity index is 1.57. The normalized spacial score (nSPS) is 15.7. The lowest BCUT2D eigenvalue weighted by atomic mass is 10.1. The zero-order chi connectivity index (χ0) is 17.1. The Hall–Kier alpha value is -2.14. The second kappa shape index (κ2) is 7.18. The number of aryl methyl sites for hydroxylation is 3. The number of piperazine rings is 1. The molecule has 24 heavy (non-hydrogen) atoms. The summed E-state index contributed by atoms with van der Waals surface area (Å²) in [7, 11) is 1.97. The molecular formula is C19H26N4O. The molecule has 1 aromatic heterocycles. The van der Waals surface area contributed by atoms with E-state index in [2.05, 4.69) is 23.1 Å². The highest BCUT2D eigenvalue weighted by molar-refractivity contribution is 5.94. The lowest BCUT2D eigenvalue weighted by Crippen LogP contribution is -2.48. The molecule has 2 aromatic rings. The van der Waals surface area contributed by atoms with Gasteiger partial charge in [-0.2, -0.15) is 5.10 Å². The van der Waals surface area contributed by atoms with Crippen LogP contribution in [0, 0.1) is 6.92 Å². The first-order valence-corrected chi connectivity index (χ1v) is 8.66. The van der Waals surface area contributed by atoms with Gasteiger partial charge < -0.3 is 4.90 Å². The Morgan fingerprint density at radius 3 is 2.42 bits per heavy atom. The third-order valence-electron chi connectivity index (χ3n) is 4.68. The average molecular weight is 326 g/mol. The van der Waals surface area contributed by atoms with E-state index in [0.717, 1.165) is 44.7 Å². The van der Waals surface area contributed by atoms with Crippen LogP contribution >= 0.6 is 0 Å². The van der Waals surface area contributed by atoms with Gasteiger partial charge in [-0.05, 0) is 25.5 Å². The number of benzene rings is 1. The number of hydrogen-bond acceptors (Lipinski definition) is 3. The van der Waals surface area contributed by atoms with E-state index < -0.39 is 0 Å². The van der Waals surface area contributed by atoms with Crippen molar-refractivity contribution in [2.45, 2.75) is 26.8 Å². The van der Waals surface area contributed by atoms with Crippen molar-refractivity contribution in [3.05, 3.63) is 52.8 Å². The smallest absolute Gasteiger partial charge is 0.253 e. The zero-order valence-corrected chi connectivity index (χ0v) is 14.8. The number of nitrogens with zero attached hydrogens (tertiary/aromatic N) is 4. The lowest BCUT2D eigenvalue weighted by molar-refractivity contribution is 0.0628. The molecule has 0 N–H and O–H groups in total. The first kappa shape index (κ1) is 16.7. The van der Waals surface area contributed by atoms with Crippen molar-refractivity contribution in [1.82, 2.24) is 19.6 Å². The van der Waals surface area contributed by atoms with Crippen LogP contribution in [-0.2, 0) is 20.0 Å². The van der Waals surface area contributed by atoms with Gasteiger partial charge in [0, 0.05) is 57.1 Å². The third kappa shape index (κ3) is 3.67. The quantitative estimate of drug-likeness (QED) is 0.865. The van der Waals surface area contributed by atoms with Gasteiger partial charge in [0.1, 0.15) is 0 Å². The summed E-state index contributed by atoms with van der Waals surface area (Å²) in [6.45, 7) is 8.50. The summed E-state index contributed by atoms with van der Waals surface area (Å²) in [5.74, 6) is 0.144. The molecule has 128 valence electrons. The van der Waals surface area contributed by atoms with Crippen molar-refractivity contribution in [2.75, 3.05) is 26.2 Å². The van der Waals surface area contributed by atoms with Crippen LogP contribution in [0.1, 0.15) is 34.1 Å². The fraction of sp³-hybridized carbons (Fsp3) is 0.474. The molecule has 0 spiro atoms. The highest BCUT2D eigenvalue weighted by Crippen LogP contribution is 2.14. The monoisotopic (exact) mass is 326 g/mol. The van der Waals surface area contributed by atoms with E-state index in [1.54, 1.807) is 0 Å². The summed E-state index contributed by atoms with van der Waals surface area (Å²) in [4.78, 5) is 16.9. The molecule has 0 atom stereocenters. The van der Waals surface area contributed by atoms with Crippen molar-refractivity contribution in [2.24, 2.45) is 7.05 Å². The predicted molar refractivity (Wildman–Crippen MR) is 94.9 cm³/mol. The van der Waals surface area contributed by atoms with Crippen LogP contribution in [0.3, 0.4) is 0 Å². The van der Waals surface area contributed by atoms with E-state index in [4.69, 9.17) is 0 Å². The summed E-state index contributed by atoms with van der Waals surface area (Å²) in [6.07, 6.45) is 3.07. The molecule has 0 unspecified atom stereocenters. The maximum Gasteiger partial charge on any atom is 0.253 e. The van der Waals surface area contributed by atoms with E-state index in [9.17, 15) is 4.79 Å². The molecule has 1 aliphatic rings. The Kier molecular flexibility index (Phi) is 5.00. The summed E-state index contributed by atoms with van der Waals surface area (Å²) >= 11 is 0. The van der Waals surface area contributed by atoms with Gasteiger partial charge in [0.2, 0.25) is 0 Å². The molecule has 1 amide bonds. The standard InChI is InChI=1S/C19H26N4O/c1-4-18-17(13-21(3)20-18)14-22-9-11-23(12-10-22)19(24)16-7-5-15(2)6-8-16/h5-8,13H,4,9-12,14H2,1-3H3. The molecule has 0 saturated carbocycles.